The number of aliphatic hydroxyl groups excluding tert-OH is 1. The van der Waals surface area contributed by atoms with E-state index in [1.807, 2.05) is 0 Å². The minimum Gasteiger partial charge on any atom is -0.483 e. The van der Waals surface area contributed by atoms with E-state index in [9.17, 15) is 4.79 Å². The molecule has 0 aromatic heterocycles. The third-order valence-electron chi connectivity index (χ3n) is 1.95. The van der Waals surface area contributed by atoms with Crippen molar-refractivity contribution in [2.24, 2.45) is 0 Å². The SMILES string of the molecule is C=CCNC(=O)COc1ccccc1CO. The third-order valence-corrected chi connectivity index (χ3v) is 1.95. The number of aliphatic hydroxyl groups is 1. The molecule has 4 nitrogen and oxygen atoms in total. The van der Waals surface area contributed by atoms with Crippen LogP contribution in [0.5, 0.6) is 5.75 Å². The summed E-state index contributed by atoms with van der Waals surface area (Å²) in [6.07, 6.45) is 1.60. The van der Waals surface area contributed by atoms with Gasteiger partial charge in [-0.2, -0.15) is 0 Å². The molecule has 4 heteroatoms. The summed E-state index contributed by atoms with van der Waals surface area (Å²) < 4.78 is 5.28. The van der Waals surface area contributed by atoms with E-state index in [0.29, 0.717) is 17.9 Å². The molecule has 1 aromatic carbocycles. The summed E-state index contributed by atoms with van der Waals surface area (Å²) in [7, 11) is 0. The van der Waals surface area contributed by atoms with Crippen LogP contribution in [-0.4, -0.2) is 24.2 Å². The van der Waals surface area contributed by atoms with Gasteiger partial charge in [0, 0.05) is 12.1 Å². The van der Waals surface area contributed by atoms with Crippen LogP contribution in [0.3, 0.4) is 0 Å². The molecule has 0 saturated carbocycles. The number of ether oxygens (including phenoxy) is 1. The number of carbonyl (C=O) groups excluding carboxylic acids is 1. The van der Waals surface area contributed by atoms with Crippen molar-refractivity contribution in [1.82, 2.24) is 5.32 Å². The lowest BCUT2D eigenvalue weighted by atomic mass is 10.2. The van der Waals surface area contributed by atoms with Gasteiger partial charge in [0.15, 0.2) is 6.61 Å². The van der Waals surface area contributed by atoms with Gasteiger partial charge in [0.2, 0.25) is 0 Å². The number of hydrogen-bond acceptors (Lipinski definition) is 3. The van der Waals surface area contributed by atoms with Crippen molar-refractivity contribution in [1.29, 1.82) is 0 Å². The zero-order chi connectivity index (χ0) is 11.8. The smallest absolute Gasteiger partial charge is 0.258 e. The maximum absolute atomic E-state index is 11.2. The van der Waals surface area contributed by atoms with Crippen LogP contribution < -0.4 is 10.1 Å². The van der Waals surface area contributed by atoms with Crippen LogP contribution in [0.25, 0.3) is 0 Å². The molecule has 16 heavy (non-hydrogen) atoms. The van der Waals surface area contributed by atoms with E-state index in [4.69, 9.17) is 9.84 Å². The molecule has 0 unspecified atom stereocenters. The molecular formula is C12H15NO3. The molecule has 1 rings (SSSR count). The van der Waals surface area contributed by atoms with Crippen LogP contribution >= 0.6 is 0 Å². The Morgan fingerprint density at radius 3 is 2.94 bits per heavy atom. The van der Waals surface area contributed by atoms with E-state index >= 15 is 0 Å². The van der Waals surface area contributed by atoms with Gasteiger partial charge in [-0.3, -0.25) is 4.79 Å². The fraction of sp³-hybridized carbons (Fsp3) is 0.250. The molecule has 86 valence electrons. The molecule has 0 spiro atoms. The zero-order valence-electron chi connectivity index (χ0n) is 8.98. The number of carbonyl (C=O) groups is 1. The quantitative estimate of drug-likeness (QED) is 0.700. The lowest BCUT2D eigenvalue weighted by Crippen LogP contribution is -2.28. The number of para-hydroxylation sites is 1. The molecule has 2 N–H and O–H groups in total. The Labute approximate surface area is 94.6 Å². The fourth-order valence-electron chi connectivity index (χ4n) is 1.16. The van der Waals surface area contributed by atoms with Crippen LogP contribution in [0.15, 0.2) is 36.9 Å². The normalized spacial score (nSPS) is 9.56. The Hall–Kier alpha value is -1.81. The summed E-state index contributed by atoms with van der Waals surface area (Å²) in [5.74, 6) is 0.311. The highest BCUT2D eigenvalue weighted by Crippen LogP contribution is 2.17. The number of hydrogen-bond donors (Lipinski definition) is 2. The highest BCUT2D eigenvalue weighted by Gasteiger charge is 2.04. The Kier molecular flexibility index (Phi) is 5.08. The largest absolute Gasteiger partial charge is 0.483 e. The van der Waals surface area contributed by atoms with Gasteiger partial charge < -0.3 is 15.2 Å². The molecule has 0 saturated heterocycles. The third kappa shape index (κ3) is 3.74. The molecule has 0 atom stereocenters. The maximum atomic E-state index is 11.2. The zero-order valence-corrected chi connectivity index (χ0v) is 8.98. The minimum absolute atomic E-state index is 0.0646. The van der Waals surface area contributed by atoms with Gasteiger partial charge >= 0.3 is 0 Å². The first-order valence-electron chi connectivity index (χ1n) is 4.97. The highest BCUT2D eigenvalue weighted by molar-refractivity contribution is 5.77. The van der Waals surface area contributed by atoms with Crippen molar-refractivity contribution in [2.45, 2.75) is 6.61 Å². The number of nitrogens with one attached hydrogen (secondary N) is 1. The Balaban J connectivity index is 2.47. The molecule has 0 heterocycles. The van der Waals surface area contributed by atoms with Crippen molar-refractivity contribution in [3.63, 3.8) is 0 Å². The average molecular weight is 221 g/mol. The van der Waals surface area contributed by atoms with Gasteiger partial charge in [-0.05, 0) is 6.07 Å². The van der Waals surface area contributed by atoms with Gasteiger partial charge in [-0.1, -0.05) is 24.3 Å². The summed E-state index contributed by atoms with van der Waals surface area (Å²) in [6, 6.07) is 7.05. The molecule has 0 bridgehead atoms. The Morgan fingerprint density at radius 1 is 1.50 bits per heavy atom. The van der Waals surface area contributed by atoms with Crippen molar-refractivity contribution in [2.75, 3.05) is 13.2 Å². The molecule has 0 aliphatic heterocycles. The van der Waals surface area contributed by atoms with Crippen molar-refractivity contribution >= 4 is 5.91 Å². The molecule has 0 fully saturated rings. The molecule has 0 aliphatic carbocycles. The van der Waals surface area contributed by atoms with E-state index in [1.54, 1.807) is 30.3 Å². The van der Waals surface area contributed by atoms with Crippen LogP contribution in [-0.2, 0) is 11.4 Å². The van der Waals surface area contributed by atoms with Gasteiger partial charge in [0.1, 0.15) is 5.75 Å². The maximum Gasteiger partial charge on any atom is 0.258 e. The van der Waals surface area contributed by atoms with E-state index in [1.165, 1.54) is 0 Å². The second-order valence-electron chi connectivity index (χ2n) is 3.15. The van der Waals surface area contributed by atoms with Crippen LogP contribution in [0, 0.1) is 0 Å². The summed E-state index contributed by atoms with van der Waals surface area (Å²) in [6.45, 7) is 3.74. The van der Waals surface area contributed by atoms with Crippen LogP contribution in [0.1, 0.15) is 5.56 Å². The van der Waals surface area contributed by atoms with Crippen LogP contribution in [0.4, 0.5) is 0 Å². The molecule has 1 aromatic rings. The lowest BCUT2D eigenvalue weighted by Gasteiger charge is -2.09. The predicted molar refractivity (Wildman–Crippen MR) is 61.1 cm³/mol. The van der Waals surface area contributed by atoms with E-state index in [2.05, 4.69) is 11.9 Å². The molecule has 1 amide bonds. The van der Waals surface area contributed by atoms with Crippen molar-refractivity contribution in [3.05, 3.63) is 42.5 Å². The van der Waals surface area contributed by atoms with Gasteiger partial charge in [0.05, 0.1) is 6.61 Å². The summed E-state index contributed by atoms with van der Waals surface area (Å²) >= 11 is 0. The summed E-state index contributed by atoms with van der Waals surface area (Å²) in [4.78, 5) is 11.2. The van der Waals surface area contributed by atoms with Crippen molar-refractivity contribution in [3.8, 4) is 5.75 Å². The highest BCUT2D eigenvalue weighted by atomic mass is 16.5. The molecule has 0 radical (unpaired) electrons. The molecular weight excluding hydrogens is 206 g/mol. The summed E-state index contributed by atoms with van der Waals surface area (Å²) in [5.41, 5.74) is 0.666. The first-order chi connectivity index (χ1) is 7.77. The lowest BCUT2D eigenvalue weighted by molar-refractivity contribution is -0.122. The number of benzene rings is 1. The van der Waals surface area contributed by atoms with E-state index in [0.717, 1.165) is 0 Å². The standard InChI is InChI=1S/C12H15NO3/c1-2-7-13-12(15)9-16-11-6-4-3-5-10(11)8-14/h2-6,14H,1,7-9H2,(H,13,15). The van der Waals surface area contributed by atoms with E-state index in [-0.39, 0.29) is 19.1 Å². The first kappa shape index (κ1) is 12.3. The Bertz CT molecular complexity index is 363. The summed E-state index contributed by atoms with van der Waals surface area (Å²) in [5, 5.41) is 11.6. The fourth-order valence-corrected chi connectivity index (χ4v) is 1.16. The van der Waals surface area contributed by atoms with Crippen molar-refractivity contribution < 1.29 is 14.6 Å². The second-order valence-corrected chi connectivity index (χ2v) is 3.15. The molecule has 0 aliphatic rings. The van der Waals surface area contributed by atoms with Crippen LogP contribution in [0.2, 0.25) is 0 Å². The number of rotatable bonds is 6. The average Bonchev–Trinajstić information content (AvgIpc) is 2.34. The first-order valence-corrected chi connectivity index (χ1v) is 4.97. The van der Waals surface area contributed by atoms with Gasteiger partial charge in [-0.25, -0.2) is 0 Å². The van der Waals surface area contributed by atoms with E-state index < -0.39 is 0 Å². The Morgan fingerprint density at radius 2 is 2.25 bits per heavy atom. The van der Waals surface area contributed by atoms with Gasteiger partial charge in [0.25, 0.3) is 5.91 Å². The topological polar surface area (TPSA) is 58.6 Å². The predicted octanol–water partition coefficient (Wildman–Crippen LogP) is 0.860. The second kappa shape index (κ2) is 6.63. The number of amides is 1. The van der Waals surface area contributed by atoms with Gasteiger partial charge in [-0.15, -0.1) is 6.58 Å². The monoisotopic (exact) mass is 221 g/mol. The minimum atomic E-state index is -0.215.